The SMILES string of the molecule is CSCC(C)(O)CNC1CCc2[nH]c3ccccc3c2C1. The normalized spacial score (nSPS) is 21.2. The first kappa shape index (κ1) is 14.9. The van der Waals surface area contributed by atoms with Crippen molar-refractivity contribution in [3.63, 3.8) is 0 Å². The molecule has 2 atom stereocenters. The van der Waals surface area contributed by atoms with Crippen molar-refractivity contribution in [1.82, 2.24) is 10.3 Å². The molecule has 0 saturated heterocycles. The highest BCUT2D eigenvalue weighted by molar-refractivity contribution is 7.98. The van der Waals surface area contributed by atoms with Crippen molar-refractivity contribution in [2.24, 2.45) is 0 Å². The highest BCUT2D eigenvalue weighted by Crippen LogP contribution is 2.29. The molecule has 3 rings (SSSR count). The average molecular weight is 304 g/mol. The summed E-state index contributed by atoms with van der Waals surface area (Å²) in [5.41, 5.74) is 3.47. The van der Waals surface area contributed by atoms with Crippen molar-refractivity contribution < 1.29 is 5.11 Å². The predicted molar refractivity (Wildman–Crippen MR) is 91.1 cm³/mol. The van der Waals surface area contributed by atoms with Gasteiger partial charge < -0.3 is 15.4 Å². The van der Waals surface area contributed by atoms with Gasteiger partial charge in [-0.25, -0.2) is 0 Å². The van der Waals surface area contributed by atoms with Crippen LogP contribution in [0.3, 0.4) is 0 Å². The van der Waals surface area contributed by atoms with Gasteiger partial charge in [-0.15, -0.1) is 0 Å². The lowest BCUT2D eigenvalue weighted by atomic mass is 9.91. The number of rotatable bonds is 5. The molecule has 1 aliphatic rings. The maximum atomic E-state index is 10.3. The number of H-pyrrole nitrogens is 1. The summed E-state index contributed by atoms with van der Waals surface area (Å²) in [6.45, 7) is 2.58. The van der Waals surface area contributed by atoms with E-state index in [-0.39, 0.29) is 0 Å². The van der Waals surface area contributed by atoms with E-state index in [0.717, 1.165) is 25.0 Å². The fraction of sp³-hybridized carbons (Fsp3) is 0.529. The first-order valence-corrected chi connectivity index (χ1v) is 9.01. The Morgan fingerprint density at radius 1 is 1.43 bits per heavy atom. The Kier molecular flexibility index (Phi) is 4.29. The van der Waals surface area contributed by atoms with Gasteiger partial charge in [-0.3, -0.25) is 0 Å². The largest absolute Gasteiger partial charge is 0.388 e. The Morgan fingerprint density at radius 2 is 2.24 bits per heavy atom. The lowest BCUT2D eigenvalue weighted by molar-refractivity contribution is 0.0807. The van der Waals surface area contributed by atoms with Gasteiger partial charge in [0.2, 0.25) is 0 Å². The van der Waals surface area contributed by atoms with Gasteiger partial charge in [0, 0.05) is 34.9 Å². The van der Waals surface area contributed by atoms with Gasteiger partial charge in [-0.2, -0.15) is 11.8 Å². The molecule has 0 fully saturated rings. The van der Waals surface area contributed by atoms with Crippen molar-refractivity contribution in [1.29, 1.82) is 0 Å². The summed E-state index contributed by atoms with van der Waals surface area (Å²) in [5, 5.41) is 15.2. The molecule has 1 aromatic heterocycles. The van der Waals surface area contributed by atoms with Crippen LogP contribution in [-0.4, -0.2) is 40.3 Å². The van der Waals surface area contributed by atoms with Crippen LogP contribution in [0.1, 0.15) is 24.6 Å². The van der Waals surface area contributed by atoms with E-state index in [0.29, 0.717) is 12.6 Å². The molecule has 21 heavy (non-hydrogen) atoms. The van der Waals surface area contributed by atoms with Gasteiger partial charge in [0.15, 0.2) is 0 Å². The fourth-order valence-electron chi connectivity index (χ4n) is 3.27. The molecular formula is C17H24N2OS. The molecule has 0 radical (unpaired) electrons. The molecule has 1 heterocycles. The van der Waals surface area contributed by atoms with E-state index in [1.807, 2.05) is 13.2 Å². The zero-order valence-electron chi connectivity index (χ0n) is 12.8. The molecule has 1 aromatic carbocycles. The van der Waals surface area contributed by atoms with Crippen LogP contribution in [0.4, 0.5) is 0 Å². The van der Waals surface area contributed by atoms with Crippen LogP contribution in [-0.2, 0) is 12.8 Å². The van der Waals surface area contributed by atoms with E-state index in [4.69, 9.17) is 0 Å². The van der Waals surface area contributed by atoms with Crippen molar-refractivity contribution in [2.75, 3.05) is 18.6 Å². The van der Waals surface area contributed by atoms with E-state index >= 15 is 0 Å². The van der Waals surface area contributed by atoms with Crippen molar-refractivity contribution in [2.45, 2.75) is 37.8 Å². The Bertz CT molecular complexity index is 620. The van der Waals surface area contributed by atoms with Gasteiger partial charge in [0.25, 0.3) is 0 Å². The average Bonchev–Trinajstić information content (AvgIpc) is 2.83. The molecule has 4 heteroatoms. The van der Waals surface area contributed by atoms with Crippen molar-refractivity contribution in [3.8, 4) is 0 Å². The molecule has 0 aliphatic heterocycles. The number of nitrogens with one attached hydrogen (secondary N) is 2. The van der Waals surface area contributed by atoms with E-state index in [1.165, 1.54) is 22.2 Å². The standard InChI is InChI=1S/C17H24N2OS/c1-17(20,11-21-2)10-18-12-7-8-16-14(9-12)13-5-3-4-6-15(13)19-16/h3-6,12,18-20H,7-11H2,1-2H3. The van der Waals surface area contributed by atoms with E-state index < -0.39 is 5.60 Å². The number of aliphatic hydroxyl groups is 1. The van der Waals surface area contributed by atoms with Crippen LogP contribution in [0.25, 0.3) is 10.9 Å². The van der Waals surface area contributed by atoms with Crippen LogP contribution < -0.4 is 5.32 Å². The van der Waals surface area contributed by atoms with E-state index in [2.05, 4.69) is 34.6 Å². The summed E-state index contributed by atoms with van der Waals surface area (Å²) < 4.78 is 0. The van der Waals surface area contributed by atoms with Crippen LogP contribution in [0, 0.1) is 0 Å². The van der Waals surface area contributed by atoms with Crippen LogP contribution >= 0.6 is 11.8 Å². The summed E-state index contributed by atoms with van der Waals surface area (Å²) in [4.78, 5) is 3.55. The van der Waals surface area contributed by atoms with Crippen molar-refractivity contribution >= 4 is 22.7 Å². The van der Waals surface area contributed by atoms with Gasteiger partial charge >= 0.3 is 0 Å². The van der Waals surface area contributed by atoms with Gasteiger partial charge in [0.1, 0.15) is 0 Å². The lowest BCUT2D eigenvalue weighted by Crippen LogP contribution is -2.45. The molecule has 1 aliphatic carbocycles. The molecule has 2 aromatic rings. The van der Waals surface area contributed by atoms with Gasteiger partial charge in [-0.1, -0.05) is 18.2 Å². The maximum absolute atomic E-state index is 10.3. The van der Waals surface area contributed by atoms with E-state index in [9.17, 15) is 5.11 Å². The first-order valence-electron chi connectivity index (χ1n) is 7.62. The second-order valence-corrected chi connectivity index (χ2v) is 7.24. The number of fused-ring (bicyclic) bond motifs is 3. The van der Waals surface area contributed by atoms with Crippen LogP contribution in [0.15, 0.2) is 24.3 Å². The molecule has 3 nitrogen and oxygen atoms in total. The number of aromatic amines is 1. The molecule has 0 saturated carbocycles. The number of thioether (sulfide) groups is 1. The molecule has 0 amide bonds. The molecular weight excluding hydrogens is 280 g/mol. The third-order valence-electron chi connectivity index (χ3n) is 4.32. The number of hydrogen-bond acceptors (Lipinski definition) is 3. The second kappa shape index (κ2) is 6.03. The fourth-order valence-corrected chi connectivity index (χ4v) is 3.99. The minimum Gasteiger partial charge on any atom is -0.388 e. The topological polar surface area (TPSA) is 48.0 Å². The Hall–Kier alpha value is -0.970. The Morgan fingerprint density at radius 3 is 3.05 bits per heavy atom. The third-order valence-corrected chi connectivity index (χ3v) is 5.23. The number of aromatic nitrogens is 1. The van der Waals surface area contributed by atoms with Gasteiger partial charge in [0.05, 0.1) is 5.60 Å². The maximum Gasteiger partial charge on any atom is 0.0833 e. The Labute approximate surface area is 130 Å². The summed E-state index contributed by atoms with van der Waals surface area (Å²) >= 11 is 1.69. The molecule has 114 valence electrons. The zero-order chi connectivity index (χ0) is 14.9. The molecule has 0 bridgehead atoms. The second-order valence-electron chi connectivity index (χ2n) is 6.38. The molecule has 3 N–H and O–H groups in total. The summed E-state index contributed by atoms with van der Waals surface area (Å²) in [6, 6.07) is 9.01. The smallest absolute Gasteiger partial charge is 0.0833 e. The first-order chi connectivity index (χ1) is 10.1. The highest BCUT2D eigenvalue weighted by atomic mass is 32.2. The van der Waals surface area contributed by atoms with Crippen molar-refractivity contribution in [3.05, 3.63) is 35.5 Å². The number of benzene rings is 1. The highest BCUT2D eigenvalue weighted by Gasteiger charge is 2.25. The summed E-state index contributed by atoms with van der Waals surface area (Å²) in [6.07, 6.45) is 5.31. The van der Waals surface area contributed by atoms with Crippen LogP contribution in [0.2, 0.25) is 0 Å². The minimum absolute atomic E-state index is 0.463. The predicted octanol–water partition coefficient (Wildman–Crippen LogP) is 2.73. The van der Waals surface area contributed by atoms with E-state index in [1.54, 1.807) is 11.8 Å². The quantitative estimate of drug-likeness (QED) is 0.796. The third kappa shape index (κ3) is 3.28. The molecule has 2 unspecified atom stereocenters. The minimum atomic E-state index is -0.625. The number of para-hydroxylation sites is 1. The van der Waals surface area contributed by atoms with Gasteiger partial charge in [-0.05, 0) is 44.1 Å². The number of aryl methyl sites for hydroxylation is 1. The zero-order valence-corrected chi connectivity index (χ0v) is 13.6. The molecule has 0 spiro atoms. The lowest BCUT2D eigenvalue weighted by Gasteiger charge is -2.29. The van der Waals surface area contributed by atoms with Crippen LogP contribution in [0.5, 0.6) is 0 Å². The monoisotopic (exact) mass is 304 g/mol. The summed E-state index contributed by atoms with van der Waals surface area (Å²) in [5.74, 6) is 0.769. The Balaban J connectivity index is 1.69. The number of hydrogen-bond donors (Lipinski definition) is 3. The summed E-state index contributed by atoms with van der Waals surface area (Å²) in [7, 11) is 0.